The predicted octanol–water partition coefficient (Wildman–Crippen LogP) is 2.02. The minimum absolute atomic E-state index is 0.150. The summed E-state index contributed by atoms with van der Waals surface area (Å²) >= 11 is 0. The Morgan fingerprint density at radius 2 is 2.00 bits per heavy atom. The van der Waals surface area contributed by atoms with Crippen LogP contribution >= 0.6 is 0 Å². The smallest absolute Gasteiger partial charge is 0.338 e. The van der Waals surface area contributed by atoms with Crippen LogP contribution in [0.4, 0.5) is 11.6 Å². The van der Waals surface area contributed by atoms with Crippen LogP contribution in [0.2, 0.25) is 0 Å². The highest BCUT2D eigenvalue weighted by molar-refractivity contribution is 5.93. The standard InChI is InChI=1S/C19H20N4O4/c1-3-27-18(26)13-4-6-14(7-5-13)22-16(24)9-8-15-12(2)21-19-20-10-11-23(19)17(15)25/h4-7,10H,3,8-9,11H2,1-2H3,(H,22,24). The second-order valence-corrected chi connectivity index (χ2v) is 6.05. The fourth-order valence-corrected chi connectivity index (χ4v) is 2.81. The van der Waals surface area contributed by atoms with E-state index in [1.54, 1.807) is 44.3 Å². The van der Waals surface area contributed by atoms with Gasteiger partial charge in [-0.05, 0) is 44.5 Å². The van der Waals surface area contributed by atoms with E-state index in [4.69, 9.17) is 4.74 Å². The third-order valence-electron chi connectivity index (χ3n) is 4.20. The quantitative estimate of drug-likeness (QED) is 0.786. The largest absolute Gasteiger partial charge is 0.462 e. The highest BCUT2D eigenvalue weighted by atomic mass is 16.5. The summed E-state index contributed by atoms with van der Waals surface area (Å²) in [6, 6.07) is 6.46. The number of carbonyl (C=O) groups is 2. The number of ether oxygens (including phenoxy) is 1. The third kappa shape index (κ3) is 4.11. The molecule has 2 heterocycles. The molecule has 0 saturated carbocycles. The van der Waals surface area contributed by atoms with Crippen LogP contribution in [0.15, 0.2) is 34.1 Å². The van der Waals surface area contributed by atoms with Gasteiger partial charge in [-0.3, -0.25) is 14.2 Å². The van der Waals surface area contributed by atoms with Crippen LogP contribution < -0.4 is 10.9 Å². The molecule has 1 amide bonds. The zero-order valence-corrected chi connectivity index (χ0v) is 15.2. The van der Waals surface area contributed by atoms with Crippen molar-refractivity contribution in [3.63, 3.8) is 0 Å². The highest BCUT2D eigenvalue weighted by Crippen LogP contribution is 2.15. The minimum atomic E-state index is -0.403. The second kappa shape index (κ2) is 7.94. The van der Waals surface area contributed by atoms with Gasteiger partial charge in [-0.25, -0.2) is 14.8 Å². The number of benzene rings is 1. The van der Waals surface area contributed by atoms with E-state index in [1.165, 1.54) is 4.57 Å². The molecule has 0 aliphatic carbocycles. The van der Waals surface area contributed by atoms with Crippen molar-refractivity contribution in [2.24, 2.45) is 4.99 Å². The lowest BCUT2D eigenvalue weighted by atomic mass is 10.1. The number of rotatable bonds is 6. The molecule has 0 radical (unpaired) electrons. The van der Waals surface area contributed by atoms with Crippen LogP contribution in [-0.2, 0) is 22.5 Å². The summed E-state index contributed by atoms with van der Waals surface area (Å²) in [6.07, 6.45) is 2.09. The Bertz CT molecular complexity index is 961. The maximum Gasteiger partial charge on any atom is 0.338 e. The molecule has 0 unspecified atom stereocenters. The van der Waals surface area contributed by atoms with Crippen LogP contribution in [0.5, 0.6) is 0 Å². The van der Waals surface area contributed by atoms with Gasteiger partial charge in [0.25, 0.3) is 5.56 Å². The van der Waals surface area contributed by atoms with Gasteiger partial charge < -0.3 is 10.1 Å². The first-order valence-electron chi connectivity index (χ1n) is 8.69. The Hall–Kier alpha value is -3.29. The van der Waals surface area contributed by atoms with Crippen molar-refractivity contribution >= 4 is 29.7 Å². The first kappa shape index (κ1) is 18.5. The summed E-state index contributed by atoms with van der Waals surface area (Å²) < 4.78 is 6.41. The van der Waals surface area contributed by atoms with Crippen molar-refractivity contribution < 1.29 is 14.3 Å². The number of fused-ring (bicyclic) bond motifs is 1. The van der Waals surface area contributed by atoms with E-state index in [1.807, 2.05) is 0 Å². The van der Waals surface area contributed by atoms with E-state index >= 15 is 0 Å². The number of carbonyl (C=O) groups excluding carboxylic acids is 2. The van der Waals surface area contributed by atoms with Crippen LogP contribution in [0.1, 0.15) is 35.0 Å². The van der Waals surface area contributed by atoms with Crippen LogP contribution in [0.25, 0.3) is 0 Å². The molecule has 1 aromatic heterocycles. The van der Waals surface area contributed by atoms with Gasteiger partial charge >= 0.3 is 5.97 Å². The SMILES string of the molecule is CCOC(=O)c1ccc(NC(=O)CCc2c(C)nc3n(c2=O)CC=N3)cc1. The maximum atomic E-state index is 12.5. The Morgan fingerprint density at radius 1 is 1.26 bits per heavy atom. The molecule has 0 saturated heterocycles. The van der Waals surface area contributed by atoms with E-state index in [9.17, 15) is 14.4 Å². The van der Waals surface area contributed by atoms with Gasteiger partial charge in [0.15, 0.2) is 0 Å². The Balaban J connectivity index is 1.61. The molecule has 1 aliphatic heterocycles. The Morgan fingerprint density at radius 3 is 2.70 bits per heavy atom. The van der Waals surface area contributed by atoms with Gasteiger partial charge in [0.2, 0.25) is 11.9 Å². The van der Waals surface area contributed by atoms with Gasteiger partial charge in [0, 0.05) is 23.9 Å². The first-order valence-corrected chi connectivity index (χ1v) is 8.69. The molecule has 3 rings (SSSR count). The molecule has 27 heavy (non-hydrogen) atoms. The highest BCUT2D eigenvalue weighted by Gasteiger charge is 2.17. The normalized spacial score (nSPS) is 11.9. The van der Waals surface area contributed by atoms with Crippen molar-refractivity contribution in [2.45, 2.75) is 33.2 Å². The second-order valence-electron chi connectivity index (χ2n) is 6.05. The molecular weight excluding hydrogens is 348 g/mol. The fraction of sp³-hybridized carbons (Fsp3) is 0.316. The van der Waals surface area contributed by atoms with Crippen molar-refractivity contribution in [1.29, 1.82) is 0 Å². The molecule has 8 heteroatoms. The van der Waals surface area contributed by atoms with Crippen molar-refractivity contribution in [3.8, 4) is 0 Å². The minimum Gasteiger partial charge on any atom is -0.462 e. The summed E-state index contributed by atoms with van der Waals surface area (Å²) in [5.41, 5.74) is 1.96. The summed E-state index contributed by atoms with van der Waals surface area (Å²) in [7, 11) is 0. The van der Waals surface area contributed by atoms with E-state index in [0.717, 1.165) is 0 Å². The van der Waals surface area contributed by atoms with Crippen molar-refractivity contribution in [2.75, 3.05) is 11.9 Å². The van der Waals surface area contributed by atoms with Crippen molar-refractivity contribution in [3.05, 3.63) is 51.4 Å². The first-order chi connectivity index (χ1) is 13.0. The zero-order valence-electron chi connectivity index (χ0n) is 15.2. The number of aryl methyl sites for hydroxylation is 1. The molecule has 1 N–H and O–H groups in total. The number of esters is 1. The number of amides is 1. The zero-order chi connectivity index (χ0) is 19.4. The number of aromatic nitrogens is 2. The molecular formula is C19H20N4O4. The van der Waals surface area contributed by atoms with E-state index in [2.05, 4.69) is 15.3 Å². The molecule has 8 nitrogen and oxygen atoms in total. The number of hydrogen-bond donors (Lipinski definition) is 1. The molecule has 2 aromatic rings. The molecule has 0 atom stereocenters. The van der Waals surface area contributed by atoms with E-state index in [0.29, 0.717) is 48.0 Å². The molecule has 0 bridgehead atoms. The fourth-order valence-electron chi connectivity index (χ4n) is 2.81. The van der Waals surface area contributed by atoms with Crippen LogP contribution in [0.3, 0.4) is 0 Å². The average Bonchev–Trinajstić information content (AvgIpc) is 3.11. The predicted molar refractivity (Wildman–Crippen MR) is 101 cm³/mol. The van der Waals surface area contributed by atoms with Crippen LogP contribution in [0, 0.1) is 6.92 Å². The molecule has 0 fully saturated rings. The number of anilines is 1. The van der Waals surface area contributed by atoms with Gasteiger partial charge in [0.05, 0.1) is 24.4 Å². The number of nitrogens with one attached hydrogen (secondary N) is 1. The van der Waals surface area contributed by atoms with Gasteiger partial charge in [-0.1, -0.05) is 0 Å². The lowest BCUT2D eigenvalue weighted by molar-refractivity contribution is -0.116. The monoisotopic (exact) mass is 368 g/mol. The topological polar surface area (TPSA) is 103 Å². The van der Waals surface area contributed by atoms with Gasteiger partial charge in [0.1, 0.15) is 0 Å². The summed E-state index contributed by atoms with van der Waals surface area (Å²) in [6.45, 7) is 4.20. The number of nitrogens with zero attached hydrogens (tertiary/aromatic N) is 3. The molecule has 1 aromatic carbocycles. The molecule has 140 valence electrons. The van der Waals surface area contributed by atoms with Gasteiger partial charge in [-0.2, -0.15) is 0 Å². The molecule has 0 spiro atoms. The van der Waals surface area contributed by atoms with Crippen LogP contribution in [-0.4, -0.2) is 34.2 Å². The third-order valence-corrected chi connectivity index (χ3v) is 4.20. The Labute approximate surface area is 155 Å². The average molecular weight is 368 g/mol. The number of aliphatic imine (C=N–C) groups is 1. The lowest BCUT2D eigenvalue weighted by Gasteiger charge is -2.09. The van der Waals surface area contributed by atoms with E-state index < -0.39 is 5.97 Å². The summed E-state index contributed by atoms with van der Waals surface area (Å²) in [4.78, 5) is 44.7. The van der Waals surface area contributed by atoms with Gasteiger partial charge in [-0.15, -0.1) is 0 Å². The maximum absolute atomic E-state index is 12.5. The van der Waals surface area contributed by atoms with E-state index in [-0.39, 0.29) is 17.9 Å². The Kier molecular flexibility index (Phi) is 5.44. The van der Waals surface area contributed by atoms with Crippen molar-refractivity contribution in [1.82, 2.24) is 9.55 Å². The lowest BCUT2D eigenvalue weighted by Crippen LogP contribution is -2.26. The summed E-state index contributed by atoms with van der Waals surface area (Å²) in [5, 5.41) is 2.76. The summed E-state index contributed by atoms with van der Waals surface area (Å²) in [5.74, 6) is -0.216. The molecule has 1 aliphatic rings. The number of hydrogen-bond acceptors (Lipinski definition) is 6.